The van der Waals surface area contributed by atoms with Crippen molar-refractivity contribution in [1.29, 1.82) is 5.26 Å². The molecule has 0 unspecified atom stereocenters. The third kappa shape index (κ3) is 5.85. The minimum absolute atomic E-state index is 0.0378. The van der Waals surface area contributed by atoms with Gasteiger partial charge in [-0.3, -0.25) is 4.79 Å². The average molecular weight is 367 g/mol. The van der Waals surface area contributed by atoms with Gasteiger partial charge in [0.25, 0.3) is 0 Å². The maximum absolute atomic E-state index is 12.1. The number of rotatable bonds is 5. The van der Waals surface area contributed by atoms with Gasteiger partial charge < -0.3 is 16.0 Å². The van der Waals surface area contributed by atoms with Crippen LogP contribution in [0.2, 0.25) is 0 Å². The molecular formula is C21H29N5O. The summed E-state index contributed by atoms with van der Waals surface area (Å²) in [6.45, 7) is 4.47. The Morgan fingerprint density at radius 2 is 1.96 bits per heavy atom. The Morgan fingerprint density at radius 1 is 1.30 bits per heavy atom. The topological polar surface area (TPSA) is 89.3 Å². The summed E-state index contributed by atoms with van der Waals surface area (Å²) < 4.78 is 0. The number of carbonyl (C=O) groups excluding carboxylic acids is 1. The quantitative estimate of drug-likeness (QED) is 0.323. The molecule has 2 rings (SSSR count). The minimum atomic E-state index is -0.0727. The molecule has 27 heavy (non-hydrogen) atoms. The van der Waals surface area contributed by atoms with Crippen LogP contribution in [0.25, 0.3) is 0 Å². The van der Waals surface area contributed by atoms with Gasteiger partial charge in [0.05, 0.1) is 0 Å². The molecule has 0 heterocycles. The standard InChI is InChI=1S/C21H29N5O/c1-16(2)13-19(27)24-14-21(17-7-5-4-6-8-17)11-9-18(10-12-21)26-20(23-3)25-15-22/h4-8,13,18H,9-12,14H2,1-3H3,(H,24,27)(H2,23,25,26)/t18-,21-. The lowest BCUT2D eigenvalue weighted by Gasteiger charge is -2.41. The Bertz CT molecular complexity index is 721. The molecule has 6 heteroatoms. The normalized spacial score (nSPS) is 22.3. The largest absolute Gasteiger partial charge is 0.359 e. The number of carbonyl (C=O) groups is 1. The molecule has 144 valence electrons. The van der Waals surface area contributed by atoms with E-state index in [1.54, 1.807) is 13.1 Å². The van der Waals surface area contributed by atoms with Crippen LogP contribution >= 0.6 is 0 Å². The van der Waals surface area contributed by atoms with Crippen molar-refractivity contribution in [2.75, 3.05) is 13.6 Å². The molecular weight excluding hydrogens is 338 g/mol. The van der Waals surface area contributed by atoms with E-state index in [-0.39, 0.29) is 17.4 Å². The molecule has 1 aliphatic rings. The highest BCUT2D eigenvalue weighted by Gasteiger charge is 2.37. The monoisotopic (exact) mass is 367 g/mol. The van der Waals surface area contributed by atoms with Crippen molar-refractivity contribution in [2.45, 2.75) is 51.0 Å². The van der Waals surface area contributed by atoms with E-state index in [0.717, 1.165) is 31.3 Å². The third-order valence-corrected chi connectivity index (χ3v) is 5.09. The minimum Gasteiger partial charge on any atom is -0.359 e. The second-order valence-corrected chi connectivity index (χ2v) is 7.31. The van der Waals surface area contributed by atoms with E-state index in [1.807, 2.05) is 26.1 Å². The van der Waals surface area contributed by atoms with Crippen LogP contribution in [0.1, 0.15) is 45.1 Å². The molecule has 1 fully saturated rings. The number of aliphatic imine (C=N–C) groups is 1. The van der Waals surface area contributed by atoms with Crippen molar-refractivity contribution in [2.24, 2.45) is 4.99 Å². The summed E-state index contributed by atoms with van der Waals surface area (Å²) in [6.07, 6.45) is 7.24. The molecule has 0 bridgehead atoms. The summed E-state index contributed by atoms with van der Waals surface area (Å²) in [5.41, 5.74) is 2.18. The van der Waals surface area contributed by atoms with Gasteiger partial charge in [0.1, 0.15) is 0 Å². The summed E-state index contributed by atoms with van der Waals surface area (Å²) in [4.78, 5) is 15.9. The van der Waals surface area contributed by atoms with Gasteiger partial charge in [0.15, 0.2) is 0 Å². The van der Waals surface area contributed by atoms with Gasteiger partial charge in [-0.1, -0.05) is 35.9 Å². The molecule has 1 aliphatic carbocycles. The van der Waals surface area contributed by atoms with Crippen molar-refractivity contribution in [3.63, 3.8) is 0 Å². The van der Waals surface area contributed by atoms with Gasteiger partial charge in [0.2, 0.25) is 18.1 Å². The fraction of sp³-hybridized carbons (Fsp3) is 0.476. The lowest BCUT2D eigenvalue weighted by Crippen LogP contribution is -2.49. The Balaban J connectivity index is 2.10. The zero-order valence-electron chi connectivity index (χ0n) is 16.4. The van der Waals surface area contributed by atoms with Crippen molar-refractivity contribution in [1.82, 2.24) is 16.0 Å². The van der Waals surface area contributed by atoms with Crippen LogP contribution in [0.4, 0.5) is 0 Å². The van der Waals surface area contributed by atoms with Gasteiger partial charge in [-0.25, -0.2) is 0 Å². The fourth-order valence-electron chi connectivity index (χ4n) is 3.65. The van der Waals surface area contributed by atoms with Crippen molar-refractivity contribution in [3.8, 4) is 6.19 Å². The van der Waals surface area contributed by atoms with Crippen LogP contribution in [0.3, 0.4) is 0 Å². The molecule has 0 saturated heterocycles. The Kier molecular flexibility index (Phi) is 7.42. The van der Waals surface area contributed by atoms with Crippen molar-refractivity contribution < 1.29 is 4.79 Å². The van der Waals surface area contributed by atoms with Gasteiger partial charge in [-0.2, -0.15) is 5.26 Å². The second kappa shape index (κ2) is 9.77. The van der Waals surface area contributed by atoms with Crippen LogP contribution in [0.5, 0.6) is 0 Å². The van der Waals surface area contributed by atoms with Crippen LogP contribution < -0.4 is 16.0 Å². The van der Waals surface area contributed by atoms with E-state index in [4.69, 9.17) is 5.26 Å². The predicted molar refractivity (Wildman–Crippen MR) is 108 cm³/mol. The highest BCUT2D eigenvalue weighted by Crippen LogP contribution is 2.39. The molecule has 0 radical (unpaired) electrons. The van der Waals surface area contributed by atoms with E-state index < -0.39 is 0 Å². The molecule has 0 aliphatic heterocycles. The highest BCUT2D eigenvalue weighted by atomic mass is 16.1. The van der Waals surface area contributed by atoms with Crippen LogP contribution in [0.15, 0.2) is 47.0 Å². The van der Waals surface area contributed by atoms with E-state index in [9.17, 15) is 4.79 Å². The molecule has 0 atom stereocenters. The molecule has 6 nitrogen and oxygen atoms in total. The number of nitrogens with one attached hydrogen (secondary N) is 3. The lowest BCUT2D eigenvalue weighted by molar-refractivity contribution is -0.116. The van der Waals surface area contributed by atoms with Crippen molar-refractivity contribution >= 4 is 11.9 Å². The Labute approximate surface area is 161 Å². The molecule has 1 aromatic rings. The Morgan fingerprint density at radius 3 is 2.52 bits per heavy atom. The maximum atomic E-state index is 12.1. The number of hydrogen-bond acceptors (Lipinski definition) is 3. The summed E-state index contributed by atoms with van der Waals surface area (Å²) in [6, 6.07) is 10.7. The molecule has 3 N–H and O–H groups in total. The molecule has 1 aromatic carbocycles. The van der Waals surface area contributed by atoms with E-state index in [2.05, 4.69) is 45.2 Å². The molecule has 1 amide bonds. The molecule has 0 aromatic heterocycles. The zero-order valence-corrected chi connectivity index (χ0v) is 16.4. The molecule has 1 saturated carbocycles. The van der Waals surface area contributed by atoms with Crippen LogP contribution in [0, 0.1) is 11.5 Å². The van der Waals surface area contributed by atoms with Gasteiger partial charge >= 0.3 is 0 Å². The number of amides is 1. The molecule has 0 spiro atoms. The number of nitrogens with zero attached hydrogens (tertiary/aromatic N) is 2. The van der Waals surface area contributed by atoms with E-state index >= 15 is 0 Å². The van der Waals surface area contributed by atoms with Gasteiger partial charge in [0, 0.05) is 31.1 Å². The predicted octanol–water partition coefficient (Wildman–Crippen LogP) is 2.60. The number of hydrogen-bond donors (Lipinski definition) is 3. The van der Waals surface area contributed by atoms with Crippen molar-refractivity contribution in [3.05, 3.63) is 47.5 Å². The number of nitriles is 1. The maximum Gasteiger partial charge on any atom is 0.243 e. The summed E-state index contributed by atoms with van der Waals surface area (Å²) in [5, 5.41) is 18.1. The smallest absolute Gasteiger partial charge is 0.243 e. The first-order chi connectivity index (χ1) is 13.0. The summed E-state index contributed by atoms with van der Waals surface area (Å²) in [7, 11) is 1.75. The first kappa shape index (κ1) is 20.5. The van der Waals surface area contributed by atoms with E-state index in [1.165, 1.54) is 5.56 Å². The van der Waals surface area contributed by atoms with Gasteiger partial charge in [-0.05, 0) is 45.1 Å². The van der Waals surface area contributed by atoms with E-state index in [0.29, 0.717) is 12.5 Å². The van der Waals surface area contributed by atoms with Crippen LogP contribution in [-0.4, -0.2) is 31.5 Å². The summed E-state index contributed by atoms with van der Waals surface area (Å²) in [5.74, 6) is 0.468. The fourth-order valence-corrected chi connectivity index (χ4v) is 3.65. The third-order valence-electron chi connectivity index (χ3n) is 5.09. The Hall–Kier alpha value is -2.81. The highest BCUT2D eigenvalue weighted by molar-refractivity contribution is 5.88. The van der Waals surface area contributed by atoms with Gasteiger partial charge in [-0.15, -0.1) is 4.99 Å². The lowest BCUT2D eigenvalue weighted by atomic mass is 9.68. The average Bonchev–Trinajstić information content (AvgIpc) is 2.67. The SMILES string of the molecule is CN/C(=N\C#N)N[C@H]1CC[C@](CNC(=O)C=C(C)C)(c2ccccc2)CC1. The number of benzene rings is 1. The zero-order chi connectivity index (χ0) is 19.7. The number of guanidine groups is 1. The second-order valence-electron chi connectivity index (χ2n) is 7.31. The number of allylic oxidation sites excluding steroid dienone is 1. The first-order valence-electron chi connectivity index (χ1n) is 9.38. The first-order valence-corrected chi connectivity index (χ1v) is 9.38. The van der Waals surface area contributed by atoms with Crippen LogP contribution in [-0.2, 0) is 10.2 Å². The summed E-state index contributed by atoms with van der Waals surface area (Å²) >= 11 is 0.